The van der Waals surface area contributed by atoms with E-state index in [1.807, 2.05) is 6.07 Å². The molecule has 1 aliphatic heterocycles. The third-order valence-electron chi connectivity index (χ3n) is 9.81. The molecule has 0 bridgehead atoms. The summed E-state index contributed by atoms with van der Waals surface area (Å²) in [7, 11) is -3.27. The Kier molecular flexibility index (Phi) is 8.33. The van der Waals surface area contributed by atoms with Gasteiger partial charge < -0.3 is 4.90 Å². The zero-order chi connectivity index (χ0) is 34.3. The van der Waals surface area contributed by atoms with E-state index in [4.69, 9.17) is 10.1 Å². The van der Waals surface area contributed by atoms with E-state index < -0.39 is 15.4 Å². The number of piperidine rings is 1. The molecule has 4 aromatic carbocycles. The van der Waals surface area contributed by atoms with Crippen LogP contribution in [0.3, 0.4) is 0 Å². The highest BCUT2D eigenvalue weighted by Crippen LogP contribution is 2.43. The Bertz CT molecular complexity index is 2290. The van der Waals surface area contributed by atoms with Crippen LogP contribution < -0.4 is 4.90 Å². The predicted octanol–water partition coefficient (Wildman–Crippen LogP) is 8.84. The lowest BCUT2D eigenvalue weighted by molar-refractivity contribution is 0.458. The highest BCUT2D eigenvalue weighted by atomic mass is 32.2. The normalized spacial score (nSPS) is 15.4. The topological polar surface area (TPSA) is 81.0 Å². The molecule has 7 nitrogen and oxygen atoms in total. The maximum atomic E-state index is 12.3. The van der Waals surface area contributed by atoms with Crippen molar-refractivity contribution in [2.24, 2.45) is 0 Å². The highest BCUT2D eigenvalue weighted by molar-refractivity contribution is 7.92. The Hall–Kier alpha value is -5.12. The van der Waals surface area contributed by atoms with Crippen LogP contribution in [0.25, 0.3) is 22.0 Å². The van der Waals surface area contributed by atoms with Crippen LogP contribution >= 0.6 is 11.3 Å². The van der Waals surface area contributed by atoms with Gasteiger partial charge in [-0.2, -0.15) is 5.10 Å². The summed E-state index contributed by atoms with van der Waals surface area (Å²) >= 11 is 1.37. The number of nitrogens with zero attached hydrogens (tertiary/aromatic N) is 5. The van der Waals surface area contributed by atoms with Gasteiger partial charge in [0.05, 0.1) is 17.3 Å². The third kappa shape index (κ3) is 5.60. The van der Waals surface area contributed by atoms with Crippen LogP contribution in [0.15, 0.2) is 138 Å². The Morgan fingerprint density at radius 3 is 2.02 bits per heavy atom. The summed E-state index contributed by atoms with van der Waals surface area (Å²) in [6.07, 6.45) is 8.13. The van der Waals surface area contributed by atoms with Crippen LogP contribution in [0.5, 0.6) is 0 Å². The van der Waals surface area contributed by atoms with Crippen molar-refractivity contribution in [1.29, 1.82) is 0 Å². The van der Waals surface area contributed by atoms with E-state index in [9.17, 15) is 8.42 Å². The molecule has 0 radical (unpaired) electrons. The minimum absolute atomic E-state index is 0.0405. The Morgan fingerprint density at radius 1 is 0.780 bits per heavy atom. The molecule has 0 amide bonds. The first-order chi connectivity index (χ1) is 24.3. The molecule has 9 heteroatoms. The molecular formula is C41H37N5O2S2. The van der Waals surface area contributed by atoms with Crippen LogP contribution in [0.2, 0.25) is 0 Å². The molecule has 8 rings (SSSR count). The van der Waals surface area contributed by atoms with E-state index in [0.717, 1.165) is 80.9 Å². The molecule has 0 saturated carbocycles. The van der Waals surface area contributed by atoms with E-state index in [1.54, 1.807) is 12.4 Å². The van der Waals surface area contributed by atoms with Crippen LogP contribution in [0.4, 0.5) is 5.82 Å². The van der Waals surface area contributed by atoms with Crippen molar-refractivity contribution in [3.05, 3.63) is 161 Å². The number of benzene rings is 4. The standard InChI is InChI=1S/C41H37N5O2S2/c1-29-35(27-46(44-29)41(31-14-6-3-7-15-31,32-16-8-4-9-17-32)33-18-10-5-11-19-33)30-21-22-36-34(26-30)40(43-28-42-36)45-25-13-12-20-37(45)38-23-24-39(49-38)50(2,47)48/h3-11,14-19,21-24,26-28,37H,12-13,20,25H2,1-2H3. The molecule has 1 saturated heterocycles. The molecule has 1 unspecified atom stereocenters. The van der Waals surface area contributed by atoms with Gasteiger partial charge in [-0.1, -0.05) is 97.1 Å². The summed E-state index contributed by atoms with van der Waals surface area (Å²) in [5.41, 5.74) is 6.47. The molecule has 7 aromatic rings. The van der Waals surface area contributed by atoms with E-state index in [-0.39, 0.29) is 6.04 Å². The number of sulfone groups is 1. The number of rotatable bonds is 8. The number of fused-ring (bicyclic) bond motifs is 1. The van der Waals surface area contributed by atoms with Gasteiger partial charge in [0.25, 0.3) is 0 Å². The first kappa shape index (κ1) is 32.1. The molecule has 50 heavy (non-hydrogen) atoms. The number of anilines is 1. The van der Waals surface area contributed by atoms with Crippen LogP contribution in [-0.4, -0.2) is 41.0 Å². The fourth-order valence-electron chi connectivity index (χ4n) is 7.48. The molecule has 3 aromatic heterocycles. The Morgan fingerprint density at radius 2 is 1.42 bits per heavy atom. The van der Waals surface area contributed by atoms with Crippen molar-refractivity contribution >= 4 is 37.9 Å². The molecule has 0 N–H and O–H groups in total. The lowest BCUT2D eigenvalue weighted by Crippen LogP contribution is -2.38. The first-order valence-electron chi connectivity index (χ1n) is 16.9. The van der Waals surface area contributed by atoms with Gasteiger partial charge in [0.2, 0.25) is 0 Å². The average molecular weight is 696 g/mol. The molecule has 0 aliphatic carbocycles. The van der Waals surface area contributed by atoms with Crippen molar-refractivity contribution in [3.8, 4) is 11.1 Å². The third-order valence-corrected chi connectivity index (χ3v) is 12.8. The van der Waals surface area contributed by atoms with E-state index >= 15 is 0 Å². The van der Waals surface area contributed by atoms with Gasteiger partial charge in [0, 0.05) is 34.8 Å². The van der Waals surface area contributed by atoms with Gasteiger partial charge in [0.15, 0.2) is 9.84 Å². The lowest BCUT2D eigenvalue weighted by Gasteiger charge is -2.36. The van der Waals surface area contributed by atoms with Crippen molar-refractivity contribution in [3.63, 3.8) is 0 Å². The summed E-state index contributed by atoms with van der Waals surface area (Å²) in [6, 6.07) is 41.9. The lowest BCUT2D eigenvalue weighted by atomic mass is 9.77. The average Bonchev–Trinajstić information content (AvgIpc) is 3.81. The molecule has 0 spiro atoms. The fourth-order valence-corrected chi connectivity index (χ4v) is 9.58. The maximum absolute atomic E-state index is 12.3. The number of thiophene rings is 1. The van der Waals surface area contributed by atoms with Gasteiger partial charge in [-0.25, -0.2) is 18.4 Å². The van der Waals surface area contributed by atoms with E-state index in [0.29, 0.717) is 4.21 Å². The van der Waals surface area contributed by atoms with E-state index in [2.05, 4.69) is 137 Å². The van der Waals surface area contributed by atoms with E-state index in [1.165, 1.54) is 17.6 Å². The Balaban J connectivity index is 1.27. The van der Waals surface area contributed by atoms with Crippen molar-refractivity contribution in [2.45, 2.75) is 42.0 Å². The zero-order valence-electron chi connectivity index (χ0n) is 28.0. The summed E-state index contributed by atoms with van der Waals surface area (Å²) in [5, 5.41) is 6.24. The second kappa shape index (κ2) is 13.0. The summed E-state index contributed by atoms with van der Waals surface area (Å²) in [6.45, 7) is 2.90. The quantitative estimate of drug-likeness (QED) is 0.148. The van der Waals surface area contributed by atoms with Crippen molar-refractivity contribution in [1.82, 2.24) is 19.7 Å². The highest BCUT2D eigenvalue weighted by Gasteiger charge is 2.40. The van der Waals surface area contributed by atoms with Gasteiger partial charge >= 0.3 is 0 Å². The number of hydrogen-bond donors (Lipinski definition) is 0. The summed E-state index contributed by atoms with van der Waals surface area (Å²) in [5.74, 6) is 0.869. The molecule has 1 aliphatic rings. The molecule has 1 atom stereocenters. The second-order valence-corrected chi connectivity index (χ2v) is 16.3. The summed E-state index contributed by atoms with van der Waals surface area (Å²) < 4.78 is 27.2. The monoisotopic (exact) mass is 695 g/mol. The Labute approximate surface area is 296 Å². The van der Waals surface area contributed by atoms with Crippen LogP contribution in [0, 0.1) is 6.92 Å². The first-order valence-corrected chi connectivity index (χ1v) is 19.6. The number of aromatic nitrogens is 4. The number of hydrogen-bond acceptors (Lipinski definition) is 7. The SMILES string of the molecule is Cc1nn(C(c2ccccc2)(c2ccccc2)c2ccccc2)cc1-c1ccc2ncnc(N3CCCCC3c3ccc(S(C)(=O)=O)s3)c2c1. The van der Waals surface area contributed by atoms with Crippen LogP contribution in [0.1, 0.15) is 52.6 Å². The second-order valence-electron chi connectivity index (χ2n) is 12.9. The number of aryl methyl sites for hydroxylation is 1. The molecule has 250 valence electrons. The minimum Gasteiger partial charge on any atom is -0.348 e. The molecular weight excluding hydrogens is 659 g/mol. The van der Waals surface area contributed by atoms with Gasteiger partial charge in [-0.05, 0) is 72.7 Å². The van der Waals surface area contributed by atoms with Gasteiger partial charge in [-0.15, -0.1) is 11.3 Å². The van der Waals surface area contributed by atoms with Gasteiger partial charge in [0.1, 0.15) is 21.9 Å². The molecule has 4 heterocycles. The predicted molar refractivity (Wildman–Crippen MR) is 201 cm³/mol. The largest absolute Gasteiger partial charge is 0.348 e. The molecule has 1 fully saturated rings. The van der Waals surface area contributed by atoms with Crippen molar-refractivity contribution < 1.29 is 8.42 Å². The van der Waals surface area contributed by atoms with Crippen LogP contribution in [-0.2, 0) is 15.4 Å². The summed E-state index contributed by atoms with van der Waals surface area (Å²) in [4.78, 5) is 12.9. The van der Waals surface area contributed by atoms with Crippen molar-refractivity contribution in [2.75, 3.05) is 17.7 Å². The smallest absolute Gasteiger partial charge is 0.184 e. The fraction of sp³-hybridized carbons (Fsp3) is 0.195. The van der Waals surface area contributed by atoms with Gasteiger partial charge in [-0.3, -0.25) is 4.68 Å². The minimum atomic E-state index is -3.27. The zero-order valence-corrected chi connectivity index (χ0v) is 29.6. The maximum Gasteiger partial charge on any atom is 0.184 e.